The van der Waals surface area contributed by atoms with Crippen molar-refractivity contribution >= 4 is 0 Å². The molecule has 1 N–H and O–H groups in total. The molecule has 0 spiro atoms. The summed E-state index contributed by atoms with van der Waals surface area (Å²) < 4.78 is 0. The van der Waals surface area contributed by atoms with E-state index in [1.807, 2.05) is 26.8 Å². The molecule has 0 aliphatic carbocycles. The first kappa shape index (κ1) is 11.3. The molecule has 0 fully saturated rings. The van der Waals surface area contributed by atoms with Gasteiger partial charge in [-0.3, -0.25) is 0 Å². The van der Waals surface area contributed by atoms with E-state index in [2.05, 4.69) is 26.0 Å². The van der Waals surface area contributed by atoms with E-state index in [0.717, 1.165) is 5.56 Å². The largest absolute Gasteiger partial charge is 0.388 e. The van der Waals surface area contributed by atoms with Gasteiger partial charge in [0.2, 0.25) is 0 Å². The summed E-state index contributed by atoms with van der Waals surface area (Å²) in [5, 5.41) is 10.1. The molecule has 0 radical (unpaired) electrons. The highest BCUT2D eigenvalue weighted by atomic mass is 16.3. The summed E-state index contributed by atoms with van der Waals surface area (Å²) in [6.07, 6.45) is -0.387. The third-order valence-electron chi connectivity index (χ3n) is 2.67. The normalized spacial score (nSPS) is 14.1. The minimum Gasteiger partial charge on any atom is -0.388 e. The number of aliphatic hydroxyl groups is 1. The fraction of sp³-hybridized carbons (Fsp3) is 0.538. The van der Waals surface area contributed by atoms with Crippen LogP contribution in [0.3, 0.4) is 0 Å². The third kappa shape index (κ3) is 2.36. The van der Waals surface area contributed by atoms with Crippen LogP contribution in [-0.4, -0.2) is 5.11 Å². The van der Waals surface area contributed by atoms with Gasteiger partial charge < -0.3 is 5.11 Å². The van der Waals surface area contributed by atoms with E-state index in [-0.39, 0.29) is 11.5 Å². The standard InChI is InChI=1S/C13H20O/c1-9-6-7-11(8-10(9)2)12(14)13(3,4)5/h6-8,12,14H,1-5H3. The van der Waals surface area contributed by atoms with Gasteiger partial charge in [0.1, 0.15) is 0 Å². The fourth-order valence-electron chi connectivity index (χ4n) is 1.43. The van der Waals surface area contributed by atoms with Crippen LogP contribution in [0.15, 0.2) is 18.2 Å². The number of benzene rings is 1. The van der Waals surface area contributed by atoms with E-state index < -0.39 is 0 Å². The van der Waals surface area contributed by atoms with E-state index in [1.54, 1.807) is 0 Å². The van der Waals surface area contributed by atoms with Gasteiger partial charge in [-0.1, -0.05) is 39.0 Å². The second kappa shape index (κ2) is 3.74. The second-order valence-electron chi connectivity index (χ2n) is 5.11. The molecule has 1 heteroatoms. The fourth-order valence-corrected chi connectivity index (χ4v) is 1.43. The van der Waals surface area contributed by atoms with Gasteiger partial charge in [-0.05, 0) is 36.0 Å². The Balaban J connectivity index is 3.03. The lowest BCUT2D eigenvalue weighted by atomic mass is 9.84. The zero-order chi connectivity index (χ0) is 10.9. The Labute approximate surface area is 86.8 Å². The van der Waals surface area contributed by atoms with E-state index in [0.29, 0.717) is 0 Å². The Hall–Kier alpha value is -0.820. The summed E-state index contributed by atoms with van der Waals surface area (Å²) in [4.78, 5) is 0. The molecular formula is C13H20O. The molecule has 1 nitrogen and oxygen atoms in total. The highest BCUT2D eigenvalue weighted by Gasteiger charge is 2.23. The number of hydrogen-bond donors (Lipinski definition) is 1. The predicted octanol–water partition coefficient (Wildman–Crippen LogP) is 3.38. The Kier molecular flexibility index (Phi) is 3.01. The highest BCUT2D eigenvalue weighted by molar-refractivity contribution is 5.31. The lowest BCUT2D eigenvalue weighted by molar-refractivity contribution is 0.0626. The highest BCUT2D eigenvalue weighted by Crippen LogP contribution is 2.32. The van der Waals surface area contributed by atoms with E-state index in [9.17, 15) is 5.11 Å². The van der Waals surface area contributed by atoms with Gasteiger partial charge in [0.25, 0.3) is 0 Å². The van der Waals surface area contributed by atoms with Crippen LogP contribution in [0.2, 0.25) is 0 Å². The molecule has 1 atom stereocenters. The average molecular weight is 192 g/mol. The number of aryl methyl sites for hydroxylation is 2. The number of hydrogen-bond acceptors (Lipinski definition) is 1. The van der Waals surface area contributed by atoms with E-state index in [1.165, 1.54) is 11.1 Å². The summed E-state index contributed by atoms with van der Waals surface area (Å²) in [7, 11) is 0. The first-order valence-corrected chi connectivity index (χ1v) is 5.07. The van der Waals surface area contributed by atoms with E-state index >= 15 is 0 Å². The zero-order valence-corrected chi connectivity index (χ0v) is 9.76. The van der Waals surface area contributed by atoms with Crippen LogP contribution < -0.4 is 0 Å². The van der Waals surface area contributed by atoms with Crippen molar-refractivity contribution < 1.29 is 5.11 Å². The first-order chi connectivity index (χ1) is 6.32. The van der Waals surface area contributed by atoms with Gasteiger partial charge in [-0.15, -0.1) is 0 Å². The van der Waals surface area contributed by atoms with Crippen LogP contribution in [0.1, 0.15) is 43.6 Å². The molecule has 0 amide bonds. The lowest BCUT2D eigenvalue weighted by Gasteiger charge is -2.26. The third-order valence-corrected chi connectivity index (χ3v) is 2.67. The van der Waals surface area contributed by atoms with Gasteiger partial charge in [-0.25, -0.2) is 0 Å². The molecule has 0 aromatic heterocycles. The van der Waals surface area contributed by atoms with Crippen molar-refractivity contribution in [3.63, 3.8) is 0 Å². The topological polar surface area (TPSA) is 20.2 Å². The molecule has 1 aromatic carbocycles. The zero-order valence-electron chi connectivity index (χ0n) is 9.76. The van der Waals surface area contributed by atoms with Crippen LogP contribution in [0.4, 0.5) is 0 Å². The van der Waals surface area contributed by atoms with Gasteiger partial charge in [0.05, 0.1) is 6.10 Å². The van der Waals surface area contributed by atoms with Crippen molar-refractivity contribution in [2.75, 3.05) is 0 Å². The quantitative estimate of drug-likeness (QED) is 0.723. The van der Waals surface area contributed by atoms with Gasteiger partial charge >= 0.3 is 0 Å². The van der Waals surface area contributed by atoms with Crippen LogP contribution in [0.5, 0.6) is 0 Å². The Bertz CT molecular complexity index is 320. The van der Waals surface area contributed by atoms with Crippen molar-refractivity contribution in [1.29, 1.82) is 0 Å². The van der Waals surface area contributed by atoms with Crippen molar-refractivity contribution in [3.8, 4) is 0 Å². The molecule has 1 aromatic rings. The molecule has 0 bridgehead atoms. The smallest absolute Gasteiger partial charge is 0.0838 e. The second-order valence-corrected chi connectivity index (χ2v) is 5.11. The minimum absolute atomic E-state index is 0.0955. The minimum atomic E-state index is -0.387. The Morgan fingerprint density at radius 1 is 1.07 bits per heavy atom. The van der Waals surface area contributed by atoms with Crippen molar-refractivity contribution in [1.82, 2.24) is 0 Å². The summed E-state index contributed by atoms with van der Waals surface area (Å²) >= 11 is 0. The van der Waals surface area contributed by atoms with Gasteiger partial charge in [0, 0.05) is 0 Å². The molecule has 0 aliphatic rings. The molecule has 14 heavy (non-hydrogen) atoms. The van der Waals surface area contributed by atoms with Gasteiger partial charge in [-0.2, -0.15) is 0 Å². The molecule has 78 valence electrons. The van der Waals surface area contributed by atoms with Crippen LogP contribution in [0.25, 0.3) is 0 Å². The maximum atomic E-state index is 10.1. The predicted molar refractivity (Wildman–Crippen MR) is 60.3 cm³/mol. The van der Waals surface area contributed by atoms with Crippen molar-refractivity contribution in [2.45, 2.75) is 40.7 Å². The average Bonchev–Trinajstić information content (AvgIpc) is 2.07. The molecule has 0 saturated heterocycles. The Morgan fingerprint density at radius 2 is 1.64 bits per heavy atom. The maximum Gasteiger partial charge on any atom is 0.0838 e. The Morgan fingerprint density at radius 3 is 2.07 bits per heavy atom. The summed E-state index contributed by atoms with van der Waals surface area (Å²) in [6, 6.07) is 6.16. The monoisotopic (exact) mass is 192 g/mol. The molecule has 1 rings (SSSR count). The molecule has 0 aliphatic heterocycles. The van der Waals surface area contributed by atoms with Crippen LogP contribution in [-0.2, 0) is 0 Å². The molecular weight excluding hydrogens is 172 g/mol. The van der Waals surface area contributed by atoms with Crippen molar-refractivity contribution in [3.05, 3.63) is 34.9 Å². The number of rotatable bonds is 1. The van der Waals surface area contributed by atoms with Crippen LogP contribution >= 0.6 is 0 Å². The summed E-state index contributed by atoms with van der Waals surface area (Å²) in [5.74, 6) is 0. The van der Waals surface area contributed by atoms with Gasteiger partial charge in [0.15, 0.2) is 0 Å². The SMILES string of the molecule is Cc1ccc(C(O)C(C)(C)C)cc1C. The first-order valence-electron chi connectivity index (χ1n) is 5.07. The summed E-state index contributed by atoms with van der Waals surface area (Å²) in [6.45, 7) is 10.3. The summed E-state index contributed by atoms with van der Waals surface area (Å²) in [5.41, 5.74) is 3.43. The molecule has 1 unspecified atom stereocenters. The van der Waals surface area contributed by atoms with Crippen molar-refractivity contribution in [2.24, 2.45) is 5.41 Å². The maximum absolute atomic E-state index is 10.1. The lowest BCUT2D eigenvalue weighted by Crippen LogP contribution is -2.17. The van der Waals surface area contributed by atoms with E-state index in [4.69, 9.17) is 0 Å². The number of aliphatic hydroxyl groups excluding tert-OH is 1. The van der Waals surface area contributed by atoms with Crippen LogP contribution in [0, 0.1) is 19.3 Å². The molecule has 0 saturated carbocycles. The molecule has 0 heterocycles.